The second kappa shape index (κ2) is 10.1. The predicted octanol–water partition coefficient (Wildman–Crippen LogP) is 7.55. The first-order valence-electron chi connectivity index (χ1n) is 10.1. The highest BCUT2D eigenvalue weighted by molar-refractivity contribution is 9.10. The number of hydrogen-bond acceptors (Lipinski definition) is 6. The SMILES string of the molecule is Br.O=[N+]([O-])c1cccc(C2=NN(c3nc(-c4ccc(Br)cc4)cs3)C(c3ccc(F)cc3)C2)c1. The molecule has 1 aliphatic heterocycles. The van der Waals surface area contributed by atoms with E-state index in [9.17, 15) is 14.5 Å². The van der Waals surface area contributed by atoms with Crippen molar-refractivity contribution in [2.24, 2.45) is 5.10 Å². The van der Waals surface area contributed by atoms with E-state index in [2.05, 4.69) is 15.9 Å². The Morgan fingerprint density at radius 2 is 1.79 bits per heavy atom. The smallest absolute Gasteiger partial charge is 0.258 e. The molecule has 1 aromatic heterocycles. The van der Waals surface area contributed by atoms with E-state index in [0.717, 1.165) is 21.3 Å². The maximum absolute atomic E-state index is 13.6. The van der Waals surface area contributed by atoms with Crippen LogP contribution in [0.15, 0.2) is 87.8 Å². The van der Waals surface area contributed by atoms with Gasteiger partial charge in [-0.3, -0.25) is 10.1 Å². The van der Waals surface area contributed by atoms with Gasteiger partial charge in [0.1, 0.15) is 5.82 Å². The largest absolute Gasteiger partial charge is 0.270 e. The van der Waals surface area contributed by atoms with Crippen molar-refractivity contribution in [1.82, 2.24) is 4.98 Å². The van der Waals surface area contributed by atoms with Gasteiger partial charge in [0.05, 0.1) is 22.4 Å². The van der Waals surface area contributed by atoms with Crippen LogP contribution in [0.1, 0.15) is 23.6 Å². The Hall–Kier alpha value is -2.95. The van der Waals surface area contributed by atoms with Crippen LogP contribution in [0, 0.1) is 15.9 Å². The van der Waals surface area contributed by atoms with Crippen LogP contribution in [-0.4, -0.2) is 15.6 Å². The van der Waals surface area contributed by atoms with Crippen molar-refractivity contribution >= 4 is 60.8 Å². The summed E-state index contributed by atoms with van der Waals surface area (Å²) in [5.41, 5.74) is 4.12. The first-order chi connectivity index (χ1) is 16.0. The predicted molar refractivity (Wildman–Crippen MR) is 141 cm³/mol. The number of hydrogen-bond donors (Lipinski definition) is 0. The number of halogens is 3. The lowest BCUT2D eigenvalue weighted by atomic mass is 9.98. The van der Waals surface area contributed by atoms with Gasteiger partial charge in [0.25, 0.3) is 5.69 Å². The van der Waals surface area contributed by atoms with E-state index >= 15 is 0 Å². The maximum Gasteiger partial charge on any atom is 0.270 e. The molecule has 1 aliphatic rings. The number of nitro groups is 1. The van der Waals surface area contributed by atoms with Crippen molar-refractivity contribution in [2.75, 3.05) is 5.01 Å². The van der Waals surface area contributed by atoms with Crippen molar-refractivity contribution in [3.8, 4) is 11.3 Å². The van der Waals surface area contributed by atoms with Gasteiger partial charge in [-0.15, -0.1) is 28.3 Å². The summed E-state index contributed by atoms with van der Waals surface area (Å²) in [6, 6.07) is 20.5. The van der Waals surface area contributed by atoms with Crippen LogP contribution in [0.3, 0.4) is 0 Å². The summed E-state index contributed by atoms with van der Waals surface area (Å²) in [4.78, 5) is 15.6. The Kier molecular flexibility index (Phi) is 7.20. The molecule has 5 rings (SSSR count). The van der Waals surface area contributed by atoms with E-state index in [-0.39, 0.29) is 34.5 Å². The van der Waals surface area contributed by atoms with Crippen LogP contribution >= 0.6 is 44.2 Å². The summed E-state index contributed by atoms with van der Waals surface area (Å²) in [6.07, 6.45) is 0.514. The molecule has 0 saturated heterocycles. The van der Waals surface area contributed by atoms with Gasteiger partial charge in [-0.1, -0.05) is 52.3 Å². The number of aromatic nitrogens is 1. The van der Waals surface area contributed by atoms with Gasteiger partial charge in [-0.25, -0.2) is 14.4 Å². The van der Waals surface area contributed by atoms with E-state index in [1.54, 1.807) is 18.2 Å². The Labute approximate surface area is 217 Å². The standard InChI is InChI=1S/C24H16BrFN4O2S.BrH/c25-18-8-4-15(5-9-18)22-14-33-24(27-22)29-23(16-6-10-19(26)11-7-16)13-21(28-29)17-2-1-3-20(12-17)30(31)32;/h1-12,14,23H,13H2;1H. The Bertz CT molecular complexity index is 1360. The molecule has 0 radical (unpaired) electrons. The molecule has 34 heavy (non-hydrogen) atoms. The molecule has 1 atom stereocenters. The molecule has 0 aliphatic carbocycles. The van der Waals surface area contributed by atoms with E-state index < -0.39 is 4.92 Å². The molecule has 0 amide bonds. The number of hydrazone groups is 1. The fraction of sp³-hybridized carbons (Fsp3) is 0.0833. The normalized spacial score (nSPS) is 15.1. The average molecular weight is 604 g/mol. The minimum Gasteiger partial charge on any atom is -0.258 e. The lowest BCUT2D eigenvalue weighted by Gasteiger charge is -2.21. The van der Waals surface area contributed by atoms with Gasteiger partial charge in [0.2, 0.25) is 5.13 Å². The highest BCUT2D eigenvalue weighted by Crippen LogP contribution is 2.39. The zero-order chi connectivity index (χ0) is 22.9. The number of rotatable bonds is 5. The van der Waals surface area contributed by atoms with Gasteiger partial charge in [0, 0.05) is 39.5 Å². The van der Waals surface area contributed by atoms with Crippen molar-refractivity contribution in [3.63, 3.8) is 0 Å². The Morgan fingerprint density at radius 1 is 1.06 bits per heavy atom. The third kappa shape index (κ3) is 4.94. The van der Waals surface area contributed by atoms with Crippen LogP contribution in [0.5, 0.6) is 0 Å². The van der Waals surface area contributed by atoms with Gasteiger partial charge in [-0.05, 0) is 29.8 Å². The molecule has 172 valence electrons. The Balaban J connectivity index is 0.00000274. The molecule has 0 saturated carbocycles. The fourth-order valence-corrected chi connectivity index (χ4v) is 4.82. The molecule has 0 bridgehead atoms. The third-order valence-corrected chi connectivity index (χ3v) is 6.74. The zero-order valence-corrected chi connectivity index (χ0v) is 21.6. The summed E-state index contributed by atoms with van der Waals surface area (Å²) in [7, 11) is 0. The number of benzene rings is 3. The summed E-state index contributed by atoms with van der Waals surface area (Å²) < 4.78 is 14.5. The van der Waals surface area contributed by atoms with Gasteiger partial charge in [0.15, 0.2) is 0 Å². The van der Waals surface area contributed by atoms with Gasteiger partial charge in [-0.2, -0.15) is 5.10 Å². The minimum atomic E-state index is -0.417. The van der Waals surface area contributed by atoms with Gasteiger partial charge >= 0.3 is 0 Å². The van der Waals surface area contributed by atoms with Crippen LogP contribution < -0.4 is 5.01 Å². The molecule has 0 spiro atoms. The van der Waals surface area contributed by atoms with E-state index in [4.69, 9.17) is 10.1 Å². The summed E-state index contributed by atoms with van der Waals surface area (Å²) in [5, 5.41) is 20.5. The van der Waals surface area contributed by atoms with Crippen molar-refractivity contribution in [1.29, 1.82) is 0 Å². The molecule has 10 heteroatoms. The van der Waals surface area contributed by atoms with Crippen molar-refractivity contribution < 1.29 is 9.31 Å². The lowest BCUT2D eigenvalue weighted by molar-refractivity contribution is -0.384. The maximum atomic E-state index is 13.6. The second-order valence-corrected chi connectivity index (χ2v) is 9.24. The molecular formula is C24H17Br2FN4O2S. The molecule has 0 fully saturated rings. The van der Waals surface area contributed by atoms with E-state index in [1.807, 2.05) is 40.7 Å². The third-order valence-electron chi connectivity index (χ3n) is 5.38. The zero-order valence-electron chi connectivity index (χ0n) is 17.5. The van der Waals surface area contributed by atoms with Crippen LogP contribution in [0.4, 0.5) is 15.2 Å². The first kappa shape index (κ1) is 24.2. The molecule has 4 aromatic rings. The number of nitro benzene ring substituents is 1. The second-order valence-electron chi connectivity index (χ2n) is 7.49. The number of thiazole rings is 1. The highest BCUT2D eigenvalue weighted by atomic mass is 79.9. The molecule has 2 heterocycles. The average Bonchev–Trinajstić information content (AvgIpc) is 3.48. The van der Waals surface area contributed by atoms with E-state index in [0.29, 0.717) is 22.8 Å². The molecular weight excluding hydrogens is 587 g/mol. The van der Waals surface area contributed by atoms with Crippen molar-refractivity contribution in [2.45, 2.75) is 12.5 Å². The van der Waals surface area contributed by atoms with Crippen LogP contribution in [-0.2, 0) is 0 Å². The number of non-ortho nitro benzene ring substituents is 1. The number of nitrogens with zero attached hydrogens (tertiary/aromatic N) is 4. The fourth-order valence-electron chi connectivity index (χ4n) is 3.73. The highest BCUT2D eigenvalue weighted by Gasteiger charge is 2.32. The van der Waals surface area contributed by atoms with Crippen LogP contribution in [0.2, 0.25) is 0 Å². The first-order valence-corrected chi connectivity index (χ1v) is 11.7. The summed E-state index contributed by atoms with van der Waals surface area (Å²) >= 11 is 4.91. The van der Waals surface area contributed by atoms with Crippen LogP contribution in [0.25, 0.3) is 11.3 Å². The van der Waals surface area contributed by atoms with Gasteiger partial charge < -0.3 is 0 Å². The molecule has 6 nitrogen and oxygen atoms in total. The summed E-state index contributed by atoms with van der Waals surface area (Å²) in [5.74, 6) is -0.310. The quantitative estimate of drug-likeness (QED) is 0.174. The minimum absolute atomic E-state index is 0. The molecule has 1 unspecified atom stereocenters. The molecule has 3 aromatic carbocycles. The lowest BCUT2D eigenvalue weighted by Crippen LogP contribution is -2.18. The summed E-state index contributed by atoms with van der Waals surface area (Å²) in [6.45, 7) is 0. The molecule has 0 N–H and O–H groups in total. The Morgan fingerprint density at radius 3 is 2.50 bits per heavy atom. The number of anilines is 1. The topological polar surface area (TPSA) is 71.6 Å². The monoisotopic (exact) mass is 602 g/mol. The van der Waals surface area contributed by atoms with Crippen molar-refractivity contribution in [3.05, 3.63) is 110 Å². The van der Waals surface area contributed by atoms with E-state index in [1.165, 1.54) is 35.6 Å².